The highest BCUT2D eigenvalue weighted by atomic mass is 127. The smallest absolute Gasteiger partial charge is 0.139 e. The minimum atomic E-state index is 0.0295. The number of hydrogen-bond acceptors (Lipinski definition) is 4. The van der Waals surface area contributed by atoms with E-state index < -0.39 is 0 Å². The number of nitrogens with zero attached hydrogens (tertiary/aromatic N) is 4. The van der Waals surface area contributed by atoms with Crippen molar-refractivity contribution >= 4 is 78.9 Å². The molecule has 0 aliphatic rings. The largest absolute Gasteiger partial charge is 0.192 e. The Morgan fingerprint density at radius 1 is 0.700 bits per heavy atom. The highest BCUT2D eigenvalue weighted by Gasteiger charge is 2.15. The van der Waals surface area contributed by atoms with E-state index in [1.807, 2.05) is 92.0 Å². The molecule has 20 heavy (non-hydrogen) atoms. The van der Waals surface area contributed by atoms with Gasteiger partial charge in [-0.15, -0.1) is 0 Å². The van der Waals surface area contributed by atoms with E-state index in [0.717, 1.165) is 5.56 Å². The van der Waals surface area contributed by atoms with Gasteiger partial charge in [-0.1, -0.05) is 0 Å². The maximum Gasteiger partial charge on any atom is 0.139 e. The number of halogens is 3. The second kappa shape index (κ2) is 7.21. The van der Waals surface area contributed by atoms with E-state index in [1.165, 1.54) is 0 Å². The fourth-order valence-corrected chi connectivity index (χ4v) is 4.65. The second-order valence-corrected chi connectivity index (χ2v) is 6.75. The minimum absolute atomic E-state index is 0.0295. The lowest BCUT2D eigenvalue weighted by Gasteiger charge is -2.08. The van der Waals surface area contributed by atoms with Gasteiger partial charge in [0.05, 0.1) is 0 Å². The Balaban J connectivity index is 4.35. The lowest BCUT2D eigenvalue weighted by atomic mass is 10.1. The standard InChI is InChI=1S/C13H3I3N4/c1-6-9(7(2-17)3-18)12(15)13(16)10(11(6)14)8(4-19)5-20/h1H3. The molecule has 1 aromatic rings. The molecule has 96 valence electrons. The second-order valence-electron chi connectivity index (χ2n) is 3.51. The van der Waals surface area contributed by atoms with Crippen LogP contribution in [0.4, 0.5) is 0 Å². The SMILES string of the molecule is Cc1c(I)c(=C(C#N)C#N)c(I)c(I)c1=C(C#N)C#N. The molecule has 0 aliphatic carbocycles. The maximum absolute atomic E-state index is 9.05. The van der Waals surface area contributed by atoms with E-state index in [1.54, 1.807) is 6.92 Å². The van der Waals surface area contributed by atoms with Crippen LogP contribution in [0.25, 0.3) is 11.1 Å². The van der Waals surface area contributed by atoms with Crippen molar-refractivity contribution in [2.24, 2.45) is 0 Å². The van der Waals surface area contributed by atoms with Gasteiger partial charge in [0.25, 0.3) is 0 Å². The summed E-state index contributed by atoms with van der Waals surface area (Å²) in [7, 11) is 0. The third-order valence-electron chi connectivity index (χ3n) is 2.50. The van der Waals surface area contributed by atoms with Crippen LogP contribution in [0, 0.1) is 63.0 Å². The Morgan fingerprint density at radius 3 is 1.45 bits per heavy atom. The van der Waals surface area contributed by atoms with E-state index in [0.29, 0.717) is 21.1 Å². The van der Waals surface area contributed by atoms with Crippen molar-refractivity contribution in [1.29, 1.82) is 21.0 Å². The Hall–Kier alpha value is -0.890. The molecular formula is C13H3I3N4. The molecule has 1 rings (SSSR count). The van der Waals surface area contributed by atoms with Crippen LogP contribution < -0.4 is 10.4 Å². The first-order valence-electron chi connectivity index (χ1n) is 4.96. The number of rotatable bonds is 0. The zero-order valence-corrected chi connectivity index (χ0v) is 16.4. The van der Waals surface area contributed by atoms with Crippen LogP contribution in [0.1, 0.15) is 5.56 Å². The first kappa shape index (κ1) is 17.2. The summed E-state index contributed by atoms with van der Waals surface area (Å²) in [6.07, 6.45) is 0. The number of hydrogen-bond donors (Lipinski definition) is 0. The van der Waals surface area contributed by atoms with Crippen molar-refractivity contribution in [3.8, 4) is 24.3 Å². The minimum Gasteiger partial charge on any atom is -0.192 e. The molecule has 1 aromatic carbocycles. The van der Waals surface area contributed by atoms with E-state index >= 15 is 0 Å². The van der Waals surface area contributed by atoms with Crippen molar-refractivity contribution in [2.45, 2.75) is 6.92 Å². The van der Waals surface area contributed by atoms with Gasteiger partial charge in [-0.25, -0.2) is 0 Å². The molecule has 0 N–H and O–H groups in total. The lowest BCUT2D eigenvalue weighted by molar-refractivity contribution is 1.27. The molecule has 0 saturated heterocycles. The van der Waals surface area contributed by atoms with Gasteiger partial charge in [-0.2, -0.15) is 21.0 Å². The fraction of sp³-hybridized carbons (Fsp3) is 0.0769. The summed E-state index contributed by atoms with van der Waals surface area (Å²) < 4.78 is 2.12. The molecule has 7 heteroatoms. The van der Waals surface area contributed by atoms with E-state index in [4.69, 9.17) is 21.0 Å². The first-order valence-corrected chi connectivity index (χ1v) is 8.20. The van der Waals surface area contributed by atoms with Crippen LogP contribution in [-0.2, 0) is 0 Å². The normalized spacial score (nSPS) is 8.80. The first-order chi connectivity index (χ1) is 9.44. The van der Waals surface area contributed by atoms with E-state index in [9.17, 15) is 0 Å². The van der Waals surface area contributed by atoms with Crippen molar-refractivity contribution in [1.82, 2.24) is 0 Å². The van der Waals surface area contributed by atoms with Crippen molar-refractivity contribution in [2.75, 3.05) is 0 Å². The summed E-state index contributed by atoms with van der Waals surface area (Å²) in [6, 6.07) is 7.55. The Bertz CT molecular complexity index is 744. The Morgan fingerprint density at radius 2 is 1.05 bits per heavy atom. The Labute approximate surface area is 156 Å². The summed E-state index contributed by atoms with van der Waals surface area (Å²) in [4.78, 5) is 0. The lowest BCUT2D eigenvalue weighted by Crippen LogP contribution is -2.28. The average molecular weight is 596 g/mol. The molecule has 0 aliphatic heterocycles. The van der Waals surface area contributed by atoms with Gasteiger partial charge < -0.3 is 0 Å². The topological polar surface area (TPSA) is 95.2 Å². The summed E-state index contributed by atoms with van der Waals surface area (Å²) >= 11 is 6.11. The van der Waals surface area contributed by atoms with Gasteiger partial charge in [-0.05, 0) is 80.3 Å². The van der Waals surface area contributed by atoms with Gasteiger partial charge in [0.1, 0.15) is 35.4 Å². The number of nitriles is 4. The zero-order chi connectivity index (χ0) is 15.4. The molecule has 0 unspecified atom stereocenters. The van der Waals surface area contributed by atoms with Crippen LogP contribution in [0.15, 0.2) is 0 Å². The van der Waals surface area contributed by atoms with Gasteiger partial charge in [-0.3, -0.25) is 0 Å². The van der Waals surface area contributed by atoms with Crippen molar-refractivity contribution in [3.05, 3.63) is 26.7 Å². The summed E-state index contributed by atoms with van der Waals surface area (Å²) in [5, 5.41) is 37.4. The molecule has 0 heterocycles. The van der Waals surface area contributed by atoms with Gasteiger partial charge >= 0.3 is 0 Å². The highest BCUT2D eigenvalue weighted by Crippen LogP contribution is 2.15. The number of benzene rings is 1. The van der Waals surface area contributed by atoms with Gasteiger partial charge in [0, 0.05) is 21.1 Å². The molecule has 0 saturated carbocycles. The van der Waals surface area contributed by atoms with E-state index in [2.05, 4.69) is 0 Å². The highest BCUT2D eigenvalue weighted by molar-refractivity contribution is 14.1. The summed E-state index contributed by atoms with van der Waals surface area (Å²) in [6.45, 7) is 1.78. The van der Waals surface area contributed by atoms with Crippen LogP contribution in [0.5, 0.6) is 0 Å². The quantitative estimate of drug-likeness (QED) is 0.340. The summed E-state index contributed by atoms with van der Waals surface area (Å²) in [5.74, 6) is 0. The van der Waals surface area contributed by atoms with E-state index in [-0.39, 0.29) is 11.1 Å². The molecule has 0 atom stereocenters. The Kier molecular flexibility index (Phi) is 6.19. The third kappa shape index (κ3) is 2.90. The predicted molar refractivity (Wildman–Crippen MR) is 97.8 cm³/mol. The molecule has 0 amide bonds. The monoisotopic (exact) mass is 596 g/mol. The molecule has 0 aromatic heterocycles. The molecule has 0 radical (unpaired) electrons. The van der Waals surface area contributed by atoms with Gasteiger partial charge in [0.2, 0.25) is 0 Å². The third-order valence-corrected chi connectivity index (χ3v) is 7.04. The van der Waals surface area contributed by atoms with Crippen LogP contribution in [-0.4, -0.2) is 0 Å². The van der Waals surface area contributed by atoms with Crippen molar-refractivity contribution in [3.63, 3.8) is 0 Å². The molecule has 0 fully saturated rings. The summed E-state index contributed by atoms with van der Waals surface area (Å²) in [5.41, 5.74) is 0.790. The van der Waals surface area contributed by atoms with Gasteiger partial charge in [0.15, 0.2) is 0 Å². The molecule has 0 spiro atoms. The van der Waals surface area contributed by atoms with Crippen LogP contribution >= 0.6 is 67.8 Å². The zero-order valence-electron chi connectivity index (χ0n) is 9.92. The van der Waals surface area contributed by atoms with Crippen LogP contribution in [0.3, 0.4) is 0 Å². The molecule has 4 nitrogen and oxygen atoms in total. The molecular weight excluding hydrogens is 593 g/mol. The van der Waals surface area contributed by atoms with Crippen molar-refractivity contribution < 1.29 is 0 Å². The fourth-order valence-electron chi connectivity index (χ4n) is 1.57. The average Bonchev–Trinajstić information content (AvgIpc) is 2.46. The predicted octanol–water partition coefficient (Wildman–Crippen LogP) is 2.20. The maximum atomic E-state index is 9.05. The molecule has 0 bridgehead atoms. The van der Waals surface area contributed by atoms with Crippen LogP contribution in [0.2, 0.25) is 0 Å².